The number of piperidine rings is 1. The van der Waals surface area contributed by atoms with Crippen LogP contribution in [0.5, 0.6) is 0 Å². The van der Waals surface area contributed by atoms with Gasteiger partial charge in [0.2, 0.25) is 5.89 Å². The van der Waals surface area contributed by atoms with Crippen molar-refractivity contribution in [3.8, 4) is 0 Å². The highest BCUT2D eigenvalue weighted by Gasteiger charge is 2.40. The predicted molar refractivity (Wildman–Crippen MR) is 98.1 cm³/mol. The van der Waals surface area contributed by atoms with Crippen molar-refractivity contribution >= 4 is 17.4 Å². The molecule has 136 valence electrons. The molecule has 1 unspecified atom stereocenters. The number of rotatable bonds is 3. The van der Waals surface area contributed by atoms with Gasteiger partial charge in [-0.2, -0.15) is 0 Å². The molecule has 7 heteroatoms. The summed E-state index contributed by atoms with van der Waals surface area (Å²) in [6, 6.07) is 5.11. The quantitative estimate of drug-likeness (QED) is 0.837. The van der Waals surface area contributed by atoms with Crippen molar-refractivity contribution < 1.29 is 9.15 Å². The van der Waals surface area contributed by atoms with Gasteiger partial charge < -0.3 is 14.1 Å². The molecule has 0 bridgehead atoms. The van der Waals surface area contributed by atoms with E-state index in [-0.39, 0.29) is 5.41 Å². The van der Waals surface area contributed by atoms with Crippen molar-refractivity contribution in [3.05, 3.63) is 27.8 Å². The van der Waals surface area contributed by atoms with Crippen LogP contribution in [-0.2, 0) is 11.3 Å². The summed E-state index contributed by atoms with van der Waals surface area (Å²) in [5.41, 5.74) is 0.142. The maximum atomic E-state index is 5.99. The zero-order valence-corrected chi connectivity index (χ0v) is 15.8. The second kappa shape index (κ2) is 7.05. The van der Waals surface area contributed by atoms with Gasteiger partial charge in [-0.3, -0.25) is 4.90 Å². The molecule has 0 N–H and O–H groups in total. The Balaban J connectivity index is 1.48. The number of hydrogen-bond acceptors (Lipinski definition) is 7. The summed E-state index contributed by atoms with van der Waals surface area (Å²) >= 11 is 1.90. The van der Waals surface area contributed by atoms with Crippen molar-refractivity contribution in [2.75, 3.05) is 44.3 Å². The molecule has 6 nitrogen and oxygen atoms in total. The van der Waals surface area contributed by atoms with E-state index in [0.717, 1.165) is 32.8 Å². The number of hydrogen-bond donors (Lipinski definition) is 0. The molecule has 4 heterocycles. The molecule has 2 aromatic heterocycles. The summed E-state index contributed by atoms with van der Waals surface area (Å²) in [5.74, 6) is 0.618. The fraction of sp³-hybridized carbons (Fsp3) is 0.667. The molecule has 0 radical (unpaired) electrons. The highest BCUT2D eigenvalue weighted by molar-refractivity contribution is 7.11. The average Bonchev–Trinajstić information content (AvgIpc) is 3.14. The minimum Gasteiger partial charge on any atom is -0.408 e. The number of thiophene rings is 1. The minimum atomic E-state index is 0.142. The van der Waals surface area contributed by atoms with Crippen LogP contribution in [0.2, 0.25) is 0 Å². The third kappa shape index (κ3) is 3.88. The Hall–Kier alpha value is -1.44. The molecule has 0 aromatic carbocycles. The lowest BCUT2D eigenvalue weighted by molar-refractivity contribution is 0.0108. The number of likely N-dealkylation sites (tertiary alicyclic amines) is 1. The molecule has 2 aliphatic heterocycles. The highest BCUT2D eigenvalue weighted by Crippen LogP contribution is 2.35. The van der Waals surface area contributed by atoms with Gasteiger partial charge in [0.05, 0.1) is 13.2 Å². The second-order valence-corrected chi connectivity index (χ2v) is 8.78. The van der Waals surface area contributed by atoms with Crippen molar-refractivity contribution in [1.82, 2.24) is 15.1 Å². The molecule has 2 aromatic rings. The lowest BCUT2D eigenvalue weighted by Gasteiger charge is -2.43. The highest BCUT2D eigenvalue weighted by atomic mass is 32.1. The Morgan fingerprint density at radius 1 is 1.20 bits per heavy atom. The SMILES string of the molecule is Cc1nnc(N2CCOCC3(CCCN(Cc4ccc(C)s4)C3)C2)o1. The van der Waals surface area contributed by atoms with E-state index in [2.05, 4.69) is 39.1 Å². The van der Waals surface area contributed by atoms with Crippen molar-refractivity contribution in [2.24, 2.45) is 5.41 Å². The number of aromatic nitrogens is 2. The zero-order chi connectivity index (χ0) is 17.3. The van der Waals surface area contributed by atoms with Crippen molar-refractivity contribution in [1.29, 1.82) is 0 Å². The van der Waals surface area contributed by atoms with Gasteiger partial charge in [-0.25, -0.2) is 0 Å². The summed E-state index contributed by atoms with van der Waals surface area (Å²) in [4.78, 5) is 7.64. The Labute approximate surface area is 152 Å². The van der Waals surface area contributed by atoms with E-state index in [0.29, 0.717) is 18.5 Å². The van der Waals surface area contributed by atoms with Crippen LogP contribution < -0.4 is 4.90 Å². The molecule has 2 aliphatic rings. The zero-order valence-electron chi connectivity index (χ0n) is 15.0. The van der Waals surface area contributed by atoms with E-state index in [1.165, 1.54) is 29.1 Å². The summed E-state index contributed by atoms with van der Waals surface area (Å²) in [6.07, 6.45) is 2.40. The van der Waals surface area contributed by atoms with Gasteiger partial charge in [-0.1, -0.05) is 5.10 Å². The first-order chi connectivity index (χ1) is 12.1. The Morgan fingerprint density at radius 3 is 2.88 bits per heavy atom. The fourth-order valence-electron chi connectivity index (χ4n) is 4.05. The van der Waals surface area contributed by atoms with Gasteiger partial charge in [0.1, 0.15) is 0 Å². The fourth-order valence-corrected chi connectivity index (χ4v) is 4.99. The number of ether oxygens (including phenoxy) is 1. The van der Waals surface area contributed by atoms with Gasteiger partial charge in [0.15, 0.2) is 0 Å². The Kier molecular flexibility index (Phi) is 4.80. The predicted octanol–water partition coefficient (Wildman–Crippen LogP) is 2.87. The lowest BCUT2D eigenvalue weighted by Crippen LogP contribution is -2.50. The molecular weight excluding hydrogens is 336 g/mol. The largest absolute Gasteiger partial charge is 0.408 e. The molecule has 4 rings (SSSR count). The first kappa shape index (κ1) is 17.0. The standard InChI is InChI=1S/C18H26N4O2S/c1-14-4-5-16(25-14)10-21-7-3-6-18(11-21)12-22(8-9-23-13-18)17-20-19-15(2)24-17/h4-5H,3,6-13H2,1-2H3. The van der Waals surface area contributed by atoms with Crippen molar-refractivity contribution in [3.63, 3.8) is 0 Å². The first-order valence-corrected chi connectivity index (χ1v) is 9.84. The smallest absolute Gasteiger partial charge is 0.318 e. The lowest BCUT2D eigenvalue weighted by atomic mass is 9.80. The van der Waals surface area contributed by atoms with Gasteiger partial charge in [-0.05, 0) is 38.4 Å². The van der Waals surface area contributed by atoms with Gasteiger partial charge in [0, 0.05) is 48.3 Å². The maximum Gasteiger partial charge on any atom is 0.318 e. The van der Waals surface area contributed by atoms with Crippen LogP contribution in [0.4, 0.5) is 6.01 Å². The van der Waals surface area contributed by atoms with Gasteiger partial charge in [-0.15, -0.1) is 16.4 Å². The van der Waals surface area contributed by atoms with Crippen LogP contribution in [0.25, 0.3) is 0 Å². The Bertz CT molecular complexity index is 716. The summed E-state index contributed by atoms with van der Waals surface area (Å²) < 4.78 is 11.7. The van der Waals surface area contributed by atoms with Crippen molar-refractivity contribution in [2.45, 2.75) is 33.2 Å². The molecule has 0 aliphatic carbocycles. The summed E-state index contributed by atoms with van der Waals surface area (Å²) in [5, 5.41) is 8.21. The normalized spacial score (nSPS) is 25.4. The molecule has 25 heavy (non-hydrogen) atoms. The third-order valence-electron chi connectivity index (χ3n) is 5.14. The van der Waals surface area contributed by atoms with Crippen LogP contribution >= 0.6 is 11.3 Å². The second-order valence-electron chi connectivity index (χ2n) is 7.40. The van der Waals surface area contributed by atoms with E-state index in [1.807, 2.05) is 18.3 Å². The first-order valence-electron chi connectivity index (χ1n) is 9.02. The van der Waals surface area contributed by atoms with Crippen LogP contribution in [0.3, 0.4) is 0 Å². The summed E-state index contributed by atoms with van der Waals surface area (Å²) in [7, 11) is 0. The maximum absolute atomic E-state index is 5.99. The van der Waals surface area contributed by atoms with Crippen LogP contribution in [0.1, 0.15) is 28.5 Å². The average molecular weight is 362 g/mol. The molecule has 1 spiro atoms. The van der Waals surface area contributed by atoms with E-state index >= 15 is 0 Å². The van der Waals surface area contributed by atoms with E-state index in [9.17, 15) is 0 Å². The monoisotopic (exact) mass is 362 g/mol. The van der Waals surface area contributed by atoms with E-state index in [4.69, 9.17) is 9.15 Å². The molecule has 2 fully saturated rings. The van der Waals surface area contributed by atoms with E-state index < -0.39 is 0 Å². The number of aryl methyl sites for hydroxylation is 2. The van der Waals surface area contributed by atoms with Crippen LogP contribution in [0.15, 0.2) is 16.5 Å². The Morgan fingerprint density at radius 2 is 2.12 bits per heavy atom. The number of nitrogens with zero attached hydrogens (tertiary/aromatic N) is 4. The van der Waals surface area contributed by atoms with Crippen LogP contribution in [0, 0.1) is 19.3 Å². The van der Waals surface area contributed by atoms with E-state index in [1.54, 1.807) is 0 Å². The molecule has 0 saturated carbocycles. The third-order valence-corrected chi connectivity index (χ3v) is 6.13. The molecule has 1 atom stereocenters. The topological polar surface area (TPSA) is 54.6 Å². The van der Waals surface area contributed by atoms with Gasteiger partial charge in [0.25, 0.3) is 0 Å². The molecule has 0 amide bonds. The number of anilines is 1. The minimum absolute atomic E-state index is 0.142. The summed E-state index contributed by atoms with van der Waals surface area (Å²) in [6.45, 7) is 10.6. The molecule has 2 saturated heterocycles. The van der Waals surface area contributed by atoms with Gasteiger partial charge >= 0.3 is 6.01 Å². The molecular formula is C18H26N4O2S. The van der Waals surface area contributed by atoms with Crippen LogP contribution in [-0.4, -0.2) is 54.5 Å².